The molecular weight excluding hydrogens is 318 g/mol. The molecule has 0 radical (unpaired) electrons. The van der Waals surface area contributed by atoms with E-state index in [4.69, 9.17) is 4.74 Å². The third-order valence-corrected chi connectivity index (χ3v) is 4.75. The molecule has 1 amide bonds. The van der Waals surface area contributed by atoms with Gasteiger partial charge in [0.25, 0.3) is 0 Å². The molecule has 0 bridgehead atoms. The highest BCUT2D eigenvalue weighted by Crippen LogP contribution is 2.14. The van der Waals surface area contributed by atoms with Gasteiger partial charge in [0.05, 0.1) is 7.11 Å². The summed E-state index contributed by atoms with van der Waals surface area (Å²) < 4.78 is 6.80. The van der Waals surface area contributed by atoms with Crippen LogP contribution in [0.3, 0.4) is 0 Å². The zero-order chi connectivity index (χ0) is 17.6. The summed E-state index contributed by atoms with van der Waals surface area (Å²) in [7, 11) is 1.68. The van der Waals surface area contributed by atoms with Crippen LogP contribution in [0.25, 0.3) is 0 Å². The zero-order valence-electron chi connectivity index (χ0n) is 14.8. The van der Waals surface area contributed by atoms with Crippen LogP contribution in [0.5, 0.6) is 5.75 Å². The fourth-order valence-electron chi connectivity index (χ4n) is 3.07. The summed E-state index contributed by atoms with van der Waals surface area (Å²) in [6, 6.07) is 7.92. The van der Waals surface area contributed by atoms with Gasteiger partial charge in [-0.2, -0.15) is 5.10 Å². The number of ether oxygens (including phenoxy) is 1. The van der Waals surface area contributed by atoms with E-state index in [9.17, 15) is 4.79 Å². The lowest BCUT2D eigenvalue weighted by Crippen LogP contribution is -2.50. The van der Waals surface area contributed by atoms with Crippen LogP contribution >= 0.6 is 0 Å². The second-order valence-corrected chi connectivity index (χ2v) is 6.32. The first kappa shape index (κ1) is 17.4. The Morgan fingerprint density at radius 3 is 2.52 bits per heavy atom. The van der Waals surface area contributed by atoms with Crippen LogP contribution in [-0.4, -0.2) is 70.3 Å². The number of benzene rings is 1. The normalized spacial score (nSPS) is 16.6. The molecule has 1 aromatic carbocycles. The van der Waals surface area contributed by atoms with E-state index in [-0.39, 0.29) is 11.9 Å². The number of aromatic nitrogens is 3. The number of hydrogen-bond donors (Lipinski definition) is 0. The average molecular weight is 343 g/mol. The molecule has 1 fully saturated rings. The minimum absolute atomic E-state index is 0.111. The molecule has 2 aromatic rings. The highest BCUT2D eigenvalue weighted by Gasteiger charge is 2.26. The van der Waals surface area contributed by atoms with Gasteiger partial charge in [0.15, 0.2) is 0 Å². The maximum absolute atomic E-state index is 12.5. The monoisotopic (exact) mass is 343 g/mol. The molecule has 1 atom stereocenters. The average Bonchev–Trinajstić information content (AvgIpc) is 3.21. The van der Waals surface area contributed by atoms with Crippen molar-refractivity contribution in [3.8, 4) is 5.75 Å². The molecule has 3 rings (SSSR count). The van der Waals surface area contributed by atoms with Crippen LogP contribution in [0.2, 0.25) is 0 Å². The first-order chi connectivity index (χ1) is 12.2. The predicted molar refractivity (Wildman–Crippen MR) is 94.5 cm³/mol. The van der Waals surface area contributed by atoms with Gasteiger partial charge < -0.3 is 9.64 Å². The number of hydrogen-bond acceptors (Lipinski definition) is 5. The van der Waals surface area contributed by atoms with Gasteiger partial charge in [-0.15, -0.1) is 0 Å². The largest absolute Gasteiger partial charge is 0.497 e. The minimum atomic E-state index is -0.298. The first-order valence-electron chi connectivity index (χ1n) is 8.65. The summed E-state index contributed by atoms with van der Waals surface area (Å²) in [5.74, 6) is 0.998. The Morgan fingerprint density at radius 2 is 1.92 bits per heavy atom. The van der Waals surface area contributed by atoms with Crippen LogP contribution in [0, 0.1) is 0 Å². The maximum Gasteiger partial charge on any atom is 0.247 e. The van der Waals surface area contributed by atoms with Crippen molar-refractivity contribution >= 4 is 5.91 Å². The third-order valence-electron chi connectivity index (χ3n) is 4.75. The Morgan fingerprint density at radius 1 is 1.20 bits per heavy atom. The molecule has 7 heteroatoms. The third kappa shape index (κ3) is 4.36. The summed E-state index contributed by atoms with van der Waals surface area (Å²) in [5.41, 5.74) is 1.30. The van der Waals surface area contributed by atoms with Crippen LogP contribution in [0.15, 0.2) is 36.9 Å². The number of carbonyl (C=O) groups excluding carboxylic acids is 1. The summed E-state index contributed by atoms with van der Waals surface area (Å²) in [5, 5.41) is 4.06. The van der Waals surface area contributed by atoms with Crippen molar-refractivity contribution in [3.63, 3.8) is 0 Å². The Labute approximate surface area is 148 Å². The van der Waals surface area contributed by atoms with Gasteiger partial charge in [0, 0.05) is 32.7 Å². The topological polar surface area (TPSA) is 63.5 Å². The van der Waals surface area contributed by atoms with Gasteiger partial charge in [0.1, 0.15) is 24.4 Å². The lowest BCUT2D eigenvalue weighted by atomic mass is 10.1. The molecule has 134 valence electrons. The van der Waals surface area contributed by atoms with Crippen LogP contribution in [0.4, 0.5) is 0 Å². The lowest BCUT2D eigenvalue weighted by molar-refractivity contribution is -0.136. The number of piperazine rings is 1. The van der Waals surface area contributed by atoms with Crippen molar-refractivity contribution in [2.24, 2.45) is 0 Å². The smallest absolute Gasteiger partial charge is 0.247 e. The van der Waals surface area contributed by atoms with Gasteiger partial charge in [-0.05, 0) is 31.0 Å². The summed E-state index contributed by atoms with van der Waals surface area (Å²) in [4.78, 5) is 20.8. The standard InChI is InChI=1S/C18H25N5O2/c1-15(23-14-19-13-20-23)18(24)22-11-9-21(10-12-22)8-7-16-3-5-17(25-2)6-4-16/h3-6,13-15H,7-12H2,1-2H3/t15-/m1/s1. The number of rotatable bonds is 6. The van der Waals surface area contributed by atoms with Crippen molar-refractivity contribution in [3.05, 3.63) is 42.5 Å². The van der Waals surface area contributed by atoms with E-state index in [1.165, 1.54) is 11.9 Å². The van der Waals surface area contributed by atoms with Crippen molar-refractivity contribution in [2.45, 2.75) is 19.4 Å². The molecular formula is C18H25N5O2. The van der Waals surface area contributed by atoms with E-state index < -0.39 is 0 Å². The molecule has 7 nitrogen and oxygen atoms in total. The highest BCUT2D eigenvalue weighted by atomic mass is 16.5. The van der Waals surface area contributed by atoms with Crippen LogP contribution < -0.4 is 4.74 Å². The Balaban J connectivity index is 1.44. The highest BCUT2D eigenvalue weighted by molar-refractivity contribution is 5.80. The van der Waals surface area contributed by atoms with Gasteiger partial charge in [0.2, 0.25) is 5.91 Å². The Kier molecular flexibility index (Phi) is 5.65. The van der Waals surface area contributed by atoms with E-state index in [1.807, 2.05) is 24.0 Å². The zero-order valence-corrected chi connectivity index (χ0v) is 14.8. The summed E-state index contributed by atoms with van der Waals surface area (Å²) in [6.07, 6.45) is 4.06. The number of amides is 1. The molecule has 1 aliphatic rings. The molecule has 1 aromatic heterocycles. The fourth-order valence-corrected chi connectivity index (χ4v) is 3.07. The molecule has 0 aliphatic carbocycles. The number of methoxy groups -OCH3 is 1. The van der Waals surface area contributed by atoms with E-state index >= 15 is 0 Å². The minimum Gasteiger partial charge on any atom is -0.497 e. The Bertz CT molecular complexity index is 663. The maximum atomic E-state index is 12.5. The second kappa shape index (κ2) is 8.11. The lowest BCUT2D eigenvalue weighted by Gasteiger charge is -2.35. The SMILES string of the molecule is COc1ccc(CCN2CCN(C(=O)[C@@H](C)n3cncn3)CC2)cc1. The van der Waals surface area contributed by atoms with E-state index in [0.29, 0.717) is 0 Å². The Hall–Kier alpha value is -2.41. The second-order valence-electron chi connectivity index (χ2n) is 6.32. The quantitative estimate of drug-likeness (QED) is 0.789. The number of nitrogens with zero attached hydrogens (tertiary/aromatic N) is 5. The van der Waals surface area contributed by atoms with Gasteiger partial charge in [-0.25, -0.2) is 9.67 Å². The predicted octanol–water partition coefficient (Wildman–Crippen LogP) is 1.23. The van der Waals surface area contributed by atoms with Gasteiger partial charge in [-0.3, -0.25) is 9.69 Å². The number of carbonyl (C=O) groups is 1. The molecule has 25 heavy (non-hydrogen) atoms. The van der Waals surface area contributed by atoms with Gasteiger partial charge in [-0.1, -0.05) is 12.1 Å². The van der Waals surface area contributed by atoms with Crippen molar-refractivity contribution in [1.82, 2.24) is 24.6 Å². The molecule has 0 N–H and O–H groups in total. The summed E-state index contributed by atoms with van der Waals surface area (Å²) in [6.45, 7) is 6.22. The first-order valence-corrected chi connectivity index (χ1v) is 8.65. The van der Waals surface area contributed by atoms with Crippen molar-refractivity contribution < 1.29 is 9.53 Å². The molecule has 1 aliphatic heterocycles. The van der Waals surface area contributed by atoms with Crippen molar-refractivity contribution in [1.29, 1.82) is 0 Å². The van der Waals surface area contributed by atoms with Crippen LogP contribution in [0.1, 0.15) is 18.5 Å². The molecule has 1 saturated heterocycles. The van der Waals surface area contributed by atoms with Crippen molar-refractivity contribution in [2.75, 3.05) is 39.8 Å². The molecule has 2 heterocycles. The molecule has 0 spiro atoms. The van der Waals surface area contributed by atoms with Gasteiger partial charge >= 0.3 is 0 Å². The van der Waals surface area contributed by atoms with E-state index in [2.05, 4.69) is 27.1 Å². The fraction of sp³-hybridized carbons (Fsp3) is 0.500. The molecule has 0 saturated carbocycles. The summed E-state index contributed by atoms with van der Waals surface area (Å²) >= 11 is 0. The van der Waals surface area contributed by atoms with E-state index in [0.717, 1.165) is 44.9 Å². The van der Waals surface area contributed by atoms with E-state index in [1.54, 1.807) is 18.1 Å². The molecule has 0 unspecified atom stereocenters. The van der Waals surface area contributed by atoms with Crippen LogP contribution in [-0.2, 0) is 11.2 Å².